The average molecular weight is 264 g/mol. The predicted octanol–water partition coefficient (Wildman–Crippen LogP) is 1.92. The number of ether oxygens (including phenoxy) is 1. The molecule has 1 aromatic rings. The van der Waals surface area contributed by atoms with E-state index in [2.05, 4.69) is 11.0 Å². The molecule has 4 nitrogen and oxygen atoms in total. The number of benzene rings is 1. The van der Waals surface area contributed by atoms with Crippen molar-refractivity contribution in [3.05, 3.63) is 23.8 Å². The Morgan fingerprint density at radius 2 is 2.11 bits per heavy atom. The van der Waals surface area contributed by atoms with Crippen molar-refractivity contribution in [1.29, 1.82) is 0 Å². The zero-order valence-corrected chi connectivity index (χ0v) is 11.8. The largest absolute Gasteiger partial charge is 0.496 e. The number of aliphatic hydroxyl groups excluding tert-OH is 1. The van der Waals surface area contributed by atoms with Gasteiger partial charge in [-0.25, -0.2) is 0 Å². The van der Waals surface area contributed by atoms with Crippen molar-refractivity contribution in [2.75, 3.05) is 31.7 Å². The molecule has 0 unspecified atom stereocenters. The van der Waals surface area contributed by atoms with E-state index in [-0.39, 0.29) is 6.04 Å². The molecule has 1 heterocycles. The van der Waals surface area contributed by atoms with Crippen molar-refractivity contribution in [3.63, 3.8) is 0 Å². The van der Waals surface area contributed by atoms with Crippen molar-refractivity contribution < 1.29 is 9.84 Å². The summed E-state index contributed by atoms with van der Waals surface area (Å²) in [7, 11) is 1.68. The van der Waals surface area contributed by atoms with Gasteiger partial charge in [0.1, 0.15) is 5.75 Å². The van der Waals surface area contributed by atoms with Crippen LogP contribution in [0.5, 0.6) is 5.75 Å². The molecule has 0 aromatic heterocycles. The first-order valence-corrected chi connectivity index (χ1v) is 6.95. The minimum atomic E-state index is -0.0540. The molecule has 0 saturated carbocycles. The Labute approximate surface area is 115 Å². The van der Waals surface area contributed by atoms with Crippen LogP contribution in [-0.4, -0.2) is 31.9 Å². The van der Waals surface area contributed by atoms with Crippen molar-refractivity contribution in [3.8, 4) is 5.75 Å². The maximum atomic E-state index is 9.21. The second-order valence-corrected chi connectivity index (χ2v) is 5.29. The first-order chi connectivity index (χ1) is 9.17. The van der Waals surface area contributed by atoms with E-state index in [0.717, 1.165) is 37.2 Å². The Kier molecular flexibility index (Phi) is 4.66. The number of hydrogen-bond acceptors (Lipinski definition) is 4. The number of anilines is 1. The van der Waals surface area contributed by atoms with Gasteiger partial charge < -0.3 is 20.5 Å². The quantitative estimate of drug-likeness (QED) is 0.872. The van der Waals surface area contributed by atoms with Gasteiger partial charge in [0, 0.05) is 37.0 Å². The van der Waals surface area contributed by atoms with Gasteiger partial charge in [-0.2, -0.15) is 0 Å². The summed E-state index contributed by atoms with van der Waals surface area (Å²) < 4.78 is 5.43. The van der Waals surface area contributed by atoms with Gasteiger partial charge in [0.15, 0.2) is 0 Å². The molecule has 1 saturated heterocycles. The van der Waals surface area contributed by atoms with Gasteiger partial charge in [-0.3, -0.25) is 0 Å². The Morgan fingerprint density at radius 1 is 1.42 bits per heavy atom. The Hall–Kier alpha value is -1.26. The van der Waals surface area contributed by atoms with Crippen LogP contribution in [0.25, 0.3) is 0 Å². The molecule has 0 radical (unpaired) electrons. The molecule has 2 rings (SSSR count). The molecular formula is C15H24N2O2. The minimum Gasteiger partial charge on any atom is -0.496 e. The van der Waals surface area contributed by atoms with E-state index >= 15 is 0 Å². The van der Waals surface area contributed by atoms with Gasteiger partial charge in [0.25, 0.3) is 0 Å². The smallest absolute Gasteiger partial charge is 0.125 e. The van der Waals surface area contributed by atoms with E-state index in [1.807, 2.05) is 19.1 Å². The number of hydrogen-bond donors (Lipinski definition) is 2. The summed E-state index contributed by atoms with van der Waals surface area (Å²) in [5.41, 5.74) is 8.35. The molecular weight excluding hydrogens is 240 g/mol. The van der Waals surface area contributed by atoms with Crippen molar-refractivity contribution in [2.24, 2.45) is 11.7 Å². The first kappa shape index (κ1) is 14.2. The molecule has 1 atom stereocenters. The highest BCUT2D eigenvalue weighted by Crippen LogP contribution is 2.35. The summed E-state index contributed by atoms with van der Waals surface area (Å²) in [6.07, 6.45) is 2.07. The van der Waals surface area contributed by atoms with Crippen LogP contribution in [0.2, 0.25) is 0 Å². The van der Waals surface area contributed by atoms with Crippen LogP contribution in [0.4, 0.5) is 5.69 Å². The lowest BCUT2D eigenvalue weighted by Crippen LogP contribution is -2.35. The zero-order chi connectivity index (χ0) is 13.8. The second kappa shape index (κ2) is 6.26. The van der Waals surface area contributed by atoms with Crippen molar-refractivity contribution in [1.82, 2.24) is 0 Å². The third-order valence-corrected chi connectivity index (χ3v) is 3.93. The lowest BCUT2D eigenvalue weighted by atomic mass is 9.96. The standard InChI is InChI=1S/C15H24N2O2/c1-11(16)15-13(4-3-5-14(15)19-2)17-8-6-12(10-18)7-9-17/h3-5,11-12,18H,6-10,16H2,1-2H3/t11-/m0/s1. The van der Waals surface area contributed by atoms with Crippen molar-refractivity contribution in [2.45, 2.75) is 25.8 Å². The van der Waals surface area contributed by atoms with Crippen LogP contribution in [0, 0.1) is 5.92 Å². The van der Waals surface area contributed by atoms with Gasteiger partial charge in [0.2, 0.25) is 0 Å². The van der Waals surface area contributed by atoms with Gasteiger partial charge in [-0.05, 0) is 37.8 Å². The van der Waals surface area contributed by atoms with Crippen LogP contribution in [0.1, 0.15) is 31.4 Å². The van der Waals surface area contributed by atoms with Crippen LogP contribution in [0.15, 0.2) is 18.2 Å². The zero-order valence-electron chi connectivity index (χ0n) is 11.8. The van der Waals surface area contributed by atoms with E-state index in [9.17, 15) is 5.11 Å². The van der Waals surface area contributed by atoms with E-state index in [0.29, 0.717) is 12.5 Å². The van der Waals surface area contributed by atoms with Crippen molar-refractivity contribution >= 4 is 5.69 Å². The third-order valence-electron chi connectivity index (χ3n) is 3.93. The maximum absolute atomic E-state index is 9.21. The maximum Gasteiger partial charge on any atom is 0.125 e. The molecule has 0 bridgehead atoms. The average Bonchev–Trinajstić information content (AvgIpc) is 2.46. The van der Waals surface area contributed by atoms with Gasteiger partial charge in [-0.15, -0.1) is 0 Å². The SMILES string of the molecule is COc1cccc(N2CCC(CO)CC2)c1[C@H](C)N. The summed E-state index contributed by atoms with van der Waals surface area (Å²) in [4.78, 5) is 2.35. The van der Waals surface area contributed by atoms with Crippen LogP contribution >= 0.6 is 0 Å². The number of piperidine rings is 1. The molecule has 1 aliphatic heterocycles. The van der Waals surface area contributed by atoms with E-state index in [4.69, 9.17) is 10.5 Å². The molecule has 1 fully saturated rings. The summed E-state index contributed by atoms with van der Waals surface area (Å²) in [5.74, 6) is 1.30. The molecule has 3 N–H and O–H groups in total. The molecule has 0 amide bonds. The summed E-state index contributed by atoms with van der Waals surface area (Å²) >= 11 is 0. The molecule has 4 heteroatoms. The highest BCUT2D eigenvalue weighted by atomic mass is 16.5. The number of rotatable bonds is 4. The fraction of sp³-hybridized carbons (Fsp3) is 0.600. The Morgan fingerprint density at radius 3 is 2.63 bits per heavy atom. The fourth-order valence-electron chi connectivity index (χ4n) is 2.80. The molecule has 1 aromatic carbocycles. The lowest BCUT2D eigenvalue weighted by Gasteiger charge is -2.35. The Balaban J connectivity index is 2.25. The van der Waals surface area contributed by atoms with Crippen LogP contribution in [-0.2, 0) is 0 Å². The first-order valence-electron chi connectivity index (χ1n) is 6.95. The predicted molar refractivity (Wildman–Crippen MR) is 77.6 cm³/mol. The molecule has 0 aliphatic carbocycles. The topological polar surface area (TPSA) is 58.7 Å². The summed E-state index contributed by atoms with van der Waals surface area (Å²) in [6.45, 7) is 4.23. The van der Waals surface area contributed by atoms with Gasteiger partial charge in [-0.1, -0.05) is 6.07 Å². The normalized spacial score (nSPS) is 18.4. The third kappa shape index (κ3) is 3.01. The lowest BCUT2D eigenvalue weighted by molar-refractivity contribution is 0.203. The van der Waals surface area contributed by atoms with Gasteiger partial charge >= 0.3 is 0 Å². The van der Waals surface area contributed by atoms with Gasteiger partial charge in [0.05, 0.1) is 7.11 Å². The fourth-order valence-corrected chi connectivity index (χ4v) is 2.80. The van der Waals surface area contributed by atoms with E-state index in [1.54, 1.807) is 7.11 Å². The number of nitrogens with two attached hydrogens (primary N) is 1. The number of aliphatic hydroxyl groups is 1. The van der Waals surface area contributed by atoms with E-state index in [1.165, 1.54) is 5.69 Å². The Bertz CT molecular complexity index is 413. The highest BCUT2D eigenvalue weighted by molar-refractivity contribution is 5.61. The molecule has 0 spiro atoms. The molecule has 19 heavy (non-hydrogen) atoms. The monoisotopic (exact) mass is 264 g/mol. The van der Waals surface area contributed by atoms with Crippen LogP contribution in [0.3, 0.4) is 0 Å². The van der Waals surface area contributed by atoms with Crippen LogP contribution < -0.4 is 15.4 Å². The molecule has 106 valence electrons. The second-order valence-electron chi connectivity index (χ2n) is 5.29. The van der Waals surface area contributed by atoms with E-state index < -0.39 is 0 Å². The summed E-state index contributed by atoms with van der Waals surface area (Å²) in [5, 5.41) is 9.21. The number of methoxy groups -OCH3 is 1. The highest BCUT2D eigenvalue weighted by Gasteiger charge is 2.23. The summed E-state index contributed by atoms with van der Waals surface area (Å²) in [6, 6.07) is 6.03. The minimum absolute atomic E-state index is 0.0540. The number of nitrogens with zero attached hydrogens (tertiary/aromatic N) is 1. The molecule has 1 aliphatic rings.